The van der Waals surface area contributed by atoms with Crippen molar-refractivity contribution in [3.8, 4) is 5.75 Å². The number of nitrogens with one attached hydrogen (secondary N) is 1. The Bertz CT molecular complexity index is 570. The lowest BCUT2D eigenvalue weighted by Crippen LogP contribution is -2.01. The van der Waals surface area contributed by atoms with Crippen LogP contribution >= 0.6 is 11.6 Å². The molecule has 0 spiro atoms. The van der Waals surface area contributed by atoms with Crippen LogP contribution in [0, 0.1) is 0 Å². The van der Waals surface area contributed by atoms with Gasteiger partial charge in [-0.05, 0) is 29.3 Å². The number of hydrogen-bond donors (Lipinski definition) is 1. The lowest BCUT2D eigenvalue weighted by molar-refractivity contribution is 0.108. The van der Waals surface area contributed by atoms with E-state index in [9.17, 15) is 4.79 Å². The van der Waals surface area contributed by atoms with Gasteiger partial charge < -0.3 is 10.1 Å². The zero-order valence-electron chi connectivity index (χ0n) is 10.5. The van der Waals surface area contributed by atoms with Gasteiger partial charge in [-0.15, -0.1) is 0 Å². The fourth-order valence-corrected chi connectivity index (χ4v) is 1.84. The lowest BCUT2D eigenvalue weighted by atomic mass is 10.2. The molecule has 0 atom stereocenters. The summed E-state index contributed by atoms with van der Waals surface area (Å²) in [6.45, 7) is 0.671. The Balaban J connectivity index is 2.15. The molecule has 3 nitrogen and oxygen atoms in total. The minimum Gasteiger partial charge on any atom is -0.497 e. The summed E-state index contributed by atoms with van der Waals surface area (Å²) in [5.74, 6) is 0.599. The summed E-state index contributed by atoms with van der Waals surface area (Å²) < 4.78 is 5.15. The number of rotatable bonds is 5. The van der Waals surface area contributed by atoms with Gasteiger partial charge in [0.15, 0.2) is 0 Å². The lowest BCUT2D eigenvalue weighted by Gasteiger charge is -2.10. The van der Waals surface area contributed by atoms with Crippen molar-refractivity contribution >= 4 is 22.5 Å². The Morgan fingerprint density at radius 1 is 1.21 bits per heavy atom. The first kappa shape index (κ1) is 13.4. The van der Waals surface area contributed by atoms with Crippen molar-refractivity contribution in [3.63, 3.8) is 0 Å². The third kappa shape index (κ3) is 3.73. The zero-order chi connectivity index (χ0) is 13.7. The third-order valence-electron chi connectivity index (χ3n) is 2.71. The highest BCUT2D eigenvalue weighted by atomic mass is 35.5. The quantitative estimate of drug-likeness (QED) is 0.846. The van der Waals surface area contributed by atoms with Gasteiger partial charge in [-0.1, -0.05) is 30.3 Å². The van der Waals surface area contributed by atoms with E-state index in [4.69, 9.17) is 16.3 Å². The number of benzene rings is 2. The Hall–Kier alpha value is -2.00. The van der Waals surface area contributed by atoms with E-state index in [1.54, 1.807) is 19.2 Å². The Labute approximate surface area is 117 Å². The van der Waals surface area contributed by atoms with E-state index in [-0.39, 0.29) is 0 Å². The van der Waals surface area contributed by atoms with Crippen LogP contribution in [0.25, 0.3) is 0 Å². The number of anilines is 1. The maximum atomic E-state index is 11.2. The van der Waals surface area contributed by atoms with Crippen LogP contribution in [0.5, 0.6) is 5.75 Å². The minimum atomic E-state index is -0.498. The normalized spacial score (nSPS) is 10.0. The highest BCUT2D eigenvalue weighted by molar-refractivity contribution is 6.67. The second-order valence-corrected chi connectivity index (χ2v) is 4.41. The highest BCUT2D eigenvalue weighted by Gasteiger charge is 2.06. The molecule has 2 rings (SSSR count). The van der Waals surface area contributed by atoms with Crippen LogP contribution in [0.2, 0.25) is 0 Å². The van der Waals surface area contributed by atoms with Crippen LogP contribution in [0.3, 0.4) is 0 Å². The van der Waals surface area contributed by atoms with Crippen molar-refractivity contribution in [1.82, 2.24) is 0 Å². The summed E-state index contributed by atoms with van der Waals surface area (Å²) in [6, 6.07) is 15.1. The first-order chi connectivity index (χ1) is 9.19. The van der Waals surface area contributed by atoms with Crippen LogP contribution in [0.15, 0.2) is 48.5 Å². The van der Waals surface area contributed by atoms with E-state index >= 15 is 0 Å². The molecule has 2 aromatic rings. The highest BCUT2D eigenvalue weighted by Crippen LogP contribution is 2.22. The van der Waals surface area contributed by atoms with Crippen molar-refractivity contribution < 1.29 is 9.53 Å². The number of halogens is 1. The van der Waals surface area contributed by atoms with Gasteiger partial charge >= 0.3 is 0 Å². The number of carbonyl (C=O) groups excluding carboxylic acids is 1. The van der Waals surface area contributed by atoms with Gasteiger partial charge in [0.05, 0.1) is 7.11 Å². The van der Waals surface area contributed by atoms with E-state index in [1.807, 2.05) is 36.4 Å². The molecule has 0 aliphatic carbocycles. The number of ether oxygens (including phenoxy) is 1. The average Bonchev–Trinajstić information content (AvgIpc) is 2.45. The molecule has 98 valence electrons. The Morgan fingerprint density at radius 2 is 1.95 bits per heavy atom. The molecule has 0 heterocycles. The van der Waals surface area contributed by atoms with Gasteiger partial charge in [0.25, 0.3) is 5.24 Å². The molecule has 19 heavy (non-hydrogen) atoms. The predicted molar refractivity (Wildman–Crippen MR) is 76.9 cm³/mol. The van der Waals surface area contributed by atoms with Crippen molar-refractivity contribution in [3.05, 3.63) is 59.7 Å². The van der Waals surface area contributed by atoms with Gasteiger partial charge in [0, 0.05) is 23.9 Å². The summed E-state index contributed by atoms with van der Waals surface area (Å²) in [4.78, 5) is 11.2. The summed E-state index contributed by atoms with van der Waals surface area (Å²) >= 11 is 5.50. The van der Waals surface area contributed by atoms with Crippen LogP contribution in [0.1, 0.15) is 15.9 Å². The molecule has 0 saturated carbocycles. The van der Waals surface area contributed by atoms with Crippen molar-refractivity contribution in [2.75, 3.05) is 12.4 Å². The first-order valence-electron chi connectivity index (χ1n) is 5.86. The maximum absolute atomic E-state index is 11.2. The molecule has 0 unspecified atom stereocenters. The molecule has 0 saturated heterocycles. The van der Waals surface area contributed by atoms with Crippen molar-refractivity contribution in [2.45, 2.75) is 6.54 Å². The minimum absolute atomic E-state index is 0.413. The third-order valence-corrected chi connectivity index (χ3v) is 2.93. The zero-order valence-corrected chi connectivity index (χ0v) is 11.3. The van der Waals surface area contributed by atoms with Gasteiger partial charge in [-0.25, -0.2) is 0 Å². The maximum Gasteiger partial charge on any atom is 0.252 e. The fourth-order valence-electron chi connectivity index (χ4n) is 1.73. The van der Waals surface area contributed by atoms with Gasteiger partial charge in [-0.2, -0.15) is 0 Å². The van der Waals surface area contributed by atoms with Crippen LogP contribution in [0.4, 0.5) is 5.69 Å². The molecule has 0 aromatic heterocycles. The van der Waals surface area contributed by atoms with E-state index in [0.717, 1.165) is 11.3 Å². The molecule has 4 heteroatoms. The topological polar surface area (TPSA) is 38.3 Å². The van der Waals surface area contributed by atoms with Gasteiger partial charge in [0.2, 0.25) is 0 Å². The van der Waals surface area contributed by atoms with Crippen LogP contribution in [-0.4, -0.2) is 12.4 Å². The van der Waals surface area contributed by atoms with E-state index in [2.05, 4.69) is 5.32 Å². The summed E-state index contributed by atoms with van der Waals surface area (Å²) in [5.41, 5.74) is 2.37. The molecule has 0 aliphatic heterocycles. The molecule has 0 aliphatic rings. The molecule has 0 radical (unpaired) electrons. The Kier molecular flexibility index (Phi) is 4.42. The molecular weight excluding hydrogens is 262 g/mol. The smallest absolute Gasteiger partial charge is 0.252 e. The molecule has 0 fully saturated rings. The predicted octanol–water partition coefficient (Wildman–Crippen LogP) is 3.69. The summed E-state index contributed by atoms with van der Waals surface area (Å²) in [5, 5.41) is 2.74. The number of carbonyl (C=O) groups is 1. The molecule has 2 aromatic carbocycles. The van der Waals surface area contributed by atoms with Crippen molar-refractivity contribution in [2.24, 2.45) is 0 Å². The van der Waals surface area contributed by atoms with E-state index < -0.39 is 5.24 Å². The van der Waals surface area contributed by atoms with Crippen LogP contribution in [-0.2, 0) is 6.54 Å². The van der Waals surface area contributed by atoms with Gasteiger partial charge in [0.1, 0.15) is 5.75 Å². The van der Waals surface area contributed by atoms with E-state index in [1.165, 1.54) is 0 Å². The van der Waals surface area contributed by atoms with Gasteiger partial charge in [-0.3, -0.25) is 4.79 Å². The largest absolute Gasteiger partial charge is 0.497 e. The van der Waals surface area contributed by atoms with Crippen LogP contribution < -0.4 is 10.1 Å². The summed E-state index contributed by atoms with van der Waals surface area (Å²) in [6.07, 6.45) is 0. The molecule has 0 amide bonds. The Morgan fingerprint density at radius 3 is 2.58 bits per heavy atom. The number of methoxy groups -OCH3 is 1. The van der Waals surface area contributed by atoms with E-state index in [0.29, 0.717) is 17.9 Å². The second kappa shape index (κ2) is 6.25. The molecule has 0 bridgehead atoms. The second-order valence-electron chi connectivity index (χ2n) is 4.06. The molecular formula is C15H14ClNO2. The SMILES string of the molecule is COc1cc(NCc2ccccc2)cc(C(=O)Cl)c1. The standard InChI is InChI=1S/C15H14ClNO2/c1-19-14-8-12(15(16)18)7-13(9-14)17-10-11-5-3-2-4-6-11/h2-9,17H,10H2,1H3. The van der Waals surface area contributed by atoms with Crippen molar-refractivity contribution in [1.29, 1.82) is 0 Å². The first-order valence-corrected chi connectivity index (χ1v) is 6.23. The summed E-state index contributed by atoms with van der Waals surface area (Å²) in [7, 11) is 1.55. The number of hydrogen-bond acceptors (Lipinski definition) is 3. The fraction of sp³-hybridized carbons (Fsp3) is 0.133. The molecule has 1 N–H and O–H groups in total. The monoisotopic (exact) mass is 275 g/mol. The average molecular weight is 276 g/mol.